The van der Waals surface area contributed by atoms with Gasteiger partial charge in [0.25, 0.3) is 0 Å². The molecule has 1 aromatic carbocycles. The Hall–Kier alpha value is -1.39. The Bertz CT molecular complexity index is 605. The smallest absolute Gasteiger partial charge is 0.159 e. The van der Waals surface area contributed by atoms with E-state index in [0.717, 1.165) is 42.4 Å². The van der Waals surface area contributed by atoms with E-state index in [4.69, 9.17) is 11.6 Å². The number of aliphatic hydroxyl groups excluding tert-OH is 1. The van der Waals surface area contributed by atoms with E-state index in [0.29, 0.717) is 11.1 Å². The highest BCUT2D eigenvalue weighted by Gasteiger charge is 2.23. The third kappa shape index (κ3) is 2.72. The van der Waals surface area contributed by atoms with Crippen molar-refractivity contribution in [3.63, 3.8) is 0 Å². The summed E-state index contributed by atoms with van der Waals surface area (Å²) in [4.78, 5) is 0. The molecule has 2 aromatic rings. The highest BCUT2D eigenvalue weighted by atomic mass is 35.5. The molecule has 0 aliphatic heterocycles. The summed E-state index contributed by atoms with van der Waals surface area (Å²) in [6, 6.07) is 7.81. The molecule has 5 heteroatoms. The molecule has 1 aliphatic rings. The van der Waals surface area contributed by atoms with Gasteiger partial charge in [-0.25, -0.2) is 0 Å². The van der Waals surface area contributed by atoms with Crippen molar-refractivity contribution in [2.45, 2.75) is 31.8 Å². The second-order valence-corrected chi connectivity index (χ2v) is 5.74. The molecule has 0 radical (unpaired) electrons. The van der Waals surface area contributed by atoms with Gasteiger partial charge in [-0.1, -0.05) is 48.7 Å². The average molecular weight is 292 g/mol. The summed E-state index contributed by atoms with van der Waals surface area (Å²) in [5.41, 5.74) is 0. The lowest BCUT2D eigenvalue weighted by Gasteiger charge is -2.27. The molecule has 106 valence electrons. The van der Waals surface area contributed by atoms with Gasteiger partial charge in [-0.2, -0.15) is 0 Å². The number of nitrogens with zero attached hydrogens (tertiary/aromatic N) is 2. The topological polar surface area (TPSA) is 58.0 Å². The largest absolute Gasteiger partial charge is 0.393 e. The standard InChI is InChI=1S/C15H18ClN3O/c16-14-11-6-2-3-7-12(11)15(19-18-14)17-9-10-5-1-4-8-13(10)20/h2-3,6-7,10,13,20H,1,4-5,8-9H2,(H,17,19). The predicted molar refractivity (Wildman–Crippen MR) is 81.0 cm³/mol. The fraction of sp³-hybridized carbons (Fsp3) is 0.467. The van der Waals surface area contributed by atoms with E-state index < -0.39 is 0 Å². The first-order valence-electron chi connectivity index (χ1n) is 7.08. The van der Waals surface area contributed by atoms with Crippen molar-refractivity contribution in [1.29, 1.82) is 0 Å². The van der Waals surface area contributed by atoms with Crippen LogP contribution in [-0.2, 0) is 0 Å². The van der Waals surface area contributed by atoms with Crippen molar-refractivity contribution in [1.82, 2.24) is 10.2 Å². The molecule has 20 heavy (non-hydrogen) atoms. The van der Waals surface area contributed by atoms with E-state index in [1.54, 1.807) is 0 Å². The number of fused-ring (bicyclic) bond motifs is 1. The number of hydrogen-bond donors (Lipinski definition) is 2. The van der Waals surface area contributed by atoms with Gasteiger partial charge in [-0.05, 0) is 12.8 Å². The van der Waals surface area contributed by atoms with E-state index in [1.165, 1.54) is 6.42 Å². The van der Waals surface area contributed by atoms with Crippen LogP contribution in [0.3, 0.4) is 0 Å². The Labute approximate surface area is 123 Å². The van der Waals surface area contributed by atoms with Gasteiger partial charge in [0, 0.05) is 23.2 Å². The summed E-state index contributed by atoms with van der Waals surface area (Å²) >= 11 is 6.06. The molecule has 0 amide bonds. The Kier molecular flexibility index (Phi) is 4.03. The van der Waals surface area contributed by atoms with Crippen molar-refractivity contribution in [3.8, 4) is 0 Å². The maximum absolute atomic E-state index is 10.0. The molecule has 2 N–H and O–H groups in total. The monoisotopic (exact) mass is 291 g/mol. The first-order chi connectivity index (χ1) is 9.75. The lowest BCUT2D eigenvalue weighted by Crippen LogP contribution is -2.30. The van der Waals surface area contributed by atoms with Gasteiger partial charge < -0.3 is 10.4 Å². The number of nitrogens with one attached hydrogen (secondary N) is 1. The second-order valence-electron chi connectivity index (χ2n) is 5.38. The molecule has 1 fully saturated rings. The third-order valence-corrected chi connectivity index (χ3v) is 4.32. The first-order valence-corrected chi connectivity index (χ1v) is 7.46. The Morgan fingerprint density at radius 2 is 1.90 bits per heavy atom. The van der Waals surface area contributed by atoms with E-state index in [1.807, 2.05) is 24.3 Å². The molecule has 1 saturated carbocycles. The number of rotatable bonds is 3. The van der Waals surface area contributed by atoms with Crippen molar-refractivity contribution in [3.05, 3.63) is 29.4 Å². The SMILES string of the molecule is OC1CCCCC1CNc1nnc(Cl)c2ccccc12. The number of benzene rings is 1. The minimum atomic E-state index is -0.206. The average Bonchev–Trinajstić information content (AvgIpc) is 2.48. The fourth-order valence-corrected chi connectivity index (χ4v) is 3.06. The number of hydrogen-bond acceptors (Lipinski definition) is 4. The number of halogens is 1. The Morgan fingerprint density at radius 1 is 1.15 bits per heavy atom. The van der Waals surface area contributed by atoms with Gasteiger partial charge in [-0.3, -0.25) is 0 Å². The van der Waals surface area contributed by atoms with Gasteiger partial charge in [0.2, 0.25) is 0 Å². The van der Waals surface area contributed by atoms with Crippen LogP contribution in [0.15, 0.2) is 24.3 Å². The normalized spacial score (nSPS) is 22.9. The van der Waals surface area contributed by atoms with E-state index in [9.17, 15) is 5.11 Å². The van der Waals surface area contributed by atoms with E-state index in [2.05, 4.69) is 15.5 Å². The quantitative estimate of drug-likeness (QED) is 0.911. The maximum Gasteiger partial charge on any atom is 0.159 e. The summed E-state index contributed by atoms with van der Waals surface area (Å²) < 4.78 is 0. The summed E-state index contributed by atoms with van der Waals surface area (Å²) in [6.45, 7) is 0.724. The van der Waals surface area contributed by atoms with Crippen molar-refractivity contribution < 1.29 is 5.11 Å². The molecule has 0 saturated heterocycles. The molecule has 4 nitrogen and oxygen atoms in total. The minimum Gasteiger partial charge on any atom is -0.393 e. The van der Waals surface area contributed by atoms with Crippen LogP contribution in [-0.4, -0.2) is 28.0 Å². The number of aromatic nitrogens is 2. The highest BCUT2D eigenvalue weighted by molar-refractivity contribution is 6.34. The van der Waals surface area contributed by atoms with Crippen LogP contribution in [0, 0.1) is 5.92 Å². The van der Waals surface area contributed by atoms with Gasteiger partial charge >= 0.3 is 0 Å². The lowest BCUT2D eigenvalue weighted by molar-refractivity contribution is 0.0763. The molecule has 1 heterocycles. The molecule has 1 aliphatic carbocycles. The molecule has 0 bridgehead atoms. The molecule has 2 atom stereocenters. The predicted octanol–water partition coefficient (Wildman–Crippen LogP) is 3.25. The van der Waals surface area contributed by atoms with Crippen LogP contribution in [0.25, 0.3) is 10.8 Å². The summed E-state index contributed by atoms with van der Waals surface area (Å²) in [6.07, 6.45) is 4.08. The van der Waals surface area contributed by atoms with Crippen molar-refractivity contribution >= 4 is 28.2 Å². The van der Waals surface area contributed by atoms with Gasteiger partial charge in [0.05, 0.1) is 6.10 Å². The molecule has 0 spiro atoms. The van der Waals surface area contributed by atoms with Gasteiger partial charge in [0.1, 0.15) is 0 Å². The molecular weight excluding hydrogens is 274 g/mol. The van der Waals surface area contributed by atoms with Crippen molar-refractivity contribution in [2.24, 2.45) is 5.92 Å². The Balaban J connectivity index is 1.79. The zero-order valence-corrected chi connectivity index (χ0v) is 12.0. The van der Waals surface area contributed by atoms with Crippen LogP contribution in [0.5, 0.6) is 0 Å². The molecule has 1 aromatic heterocycles. The minimum absolute atomic E-state index is 0.206. The van der Waals surface area contributed by atoms with Crippen LogP contribution in [0.1, 0.15) is 25.7 Å². The van der Waals surface area contributed by atoms with Crippen LogP contribution in [0.2, 0.25) is 5.15 Å². The number of anilines is 1. The molecule has 2 unspecified atom stereocenters. The van der Waals surface area contributed by atoms with E-state index in [-0.39, 0.29) is 6.10 Å². The molecular formula is C15H18ClN3O. The van der Waals surface area contributed by atoms with Crippen LogP contribution in [0.4, 0.5) is 5.82 Å². The summed E-state index contributed by atoms with van der Waals surface area (Å²) in [5.74, 6) is 1.03. The highest BCUT2D eigenvalue weighted by Crippen LogP contribution is 2.28. The van der Waals surface area contributed by atoms with Gasteiger partial charge in [-0.15, -0.1) is 10.2 Å². The summed E-state index contributed by atoms with van der Waals surface area (Å²) in [5, 5.41) is 23.7. The van der Waals surface area contributed by atoms with Gasteiger partial charge in [0.15, 0.2) is 11.0 Å². The lowest BCUT2D eigenvalue weighted by atomic mass is 9.86. The zero-order chi connectivity index (χ0) is 13.9. The fourth-order valence-electron chi connectivity index (χ4n) is 2.86. The third-order valence-electron chi connectivity index (χ3n) is 4.04. The van der Waals surface area contributed by atoms with Crippen LogP contribution < -0.4 is 5.32 Å². The molecule has 3 rings (SSSR count). The zero-order valence-electron chi connectivity index (χ0n) is 11.2. The maximum atomic E-state index is 10.0. The number of aliphatic hydroxyl groups is 1. The summed E-state index contributed by atoms with van der Waals surface area (Å²) in [7, 11) is 0. The van der Waals surface area contributed by atoms with E-state index >= 15 is 0 Å². The Morgan fingerprint density at radius 3 is 2.70 bits per heavy atom. The first kappa shape index (κ1) is 13.6. The second kappa shape index (κ2) is 5.94. The van der Waals surface area contributed by atoms with Crippen molar-refractivity contribution in [2.75, 3.05) is 11.9 Å². The van der Waals surface area contributed by atoms with Crippen LogP contribution >= 0.6 is 11.6 Å².